The quantitative estimate of drug-likeness (QED) is 0.364. The lowest BCUT2D eigenvalue weighted by molar-refractivity contribution is 0.159. The zero-order chi connectivity index (χ0) is 24.1. The number of nitrogens with zero attached hydrogens (tertiary/aromatic N) is 4. The molecule has 1 aromatic heterocycles. The van der Waals surface area contributed by atoms with Gasteiger partial charge in [0.15, 0.2) is 11.6 Å². The average molecular weight is 464 g/mol. The minimum absolute atomic E-state index is 0.0103. The van der Waals surface area contributed by atoms with E-state index in [-0.39, 0.29) is 23.6 Å². The van der Waals surface area contributed by atoms with Gasteiger partial charge in [-0.3, -0.25) is 0 Å². The Kier molecular flexibility index (Phi) is 7.01. The number of carbonyl (C=O) groups is 1. The van der Waals surface area contributed by atoms with Gasteiger partial charge in [0, 0.05) is 24.8 Å². The van der Waals surface area contributed by atoms with Crippen molar-refractivity contribution in [2.24, 2.45) is 5.18 Å². The van der Waals surface area contributed by atoms with Crippen LogP contribution < -0.4 is 9.64 Å². The second-order valence-corrected chi connectivity index (χ2v) is 7.79. The van der Waals surface area contributed by atoms with Gasteiger partial charge in [0.2, 0.25) is 0 Å². The molecule has 0 bridgehead atoms. The molecule has 0 radical (unpaired) electrons. The number of aromatic nitrogens is 1. The van der Waals surface area contributed by atoms with E-state index in [1.54, 1.807) is 41.3 Å². The van der Waals surface area contributed by atoms with Crippen molar-refractivity contribution in [1.82, 2.24) is 9.88 Å². The molecule has 8 nitrogen and oxygen atoms in total. The number of halogens is 1. The molecule has 1 aliphatic heterocycles. The number of carbonyl (C=O) groups excluding carboxylic acids is 1. The third-order valence-electron chi connectivity index (χ3n) is 5.70. The maximum absolute atomic E-state index is 14.9. The normalized spacial score (nSPS) is 15.2. The Hall–Kier alpha value is -4.01. The molecular weight excluding hydrogens is 439 g/mol. The molecule has 0 unspecified atom stereocenters. The van der Waals surface area contributed by atoms with Gasteiger partial charge in [-0.05, 0) is 67.4 Å². The van der Waals surface area contributed by atoms with Crippen molar-refractivity contribution < 1.29 is 18.7 Å². The Balaban J connectivity index is 1.44. The number of cyclic esters (lactones) is 1. The lowest BCUT2D eigenvalue weighted by Crippen LogP contribution is -2.34. The molecule has 0 N–H and O–H groups in total. The number of pyridine rings is 1. The van der Waals surface area contributed by atoms with Crippen LogP contribution in [-0.2, 0) is 11.2 Å². The third-order valence-corrected chi connectivity index (χ3v) is 5.70. The van der Waals surface area contributed by atoms with E-state index in [1.807, 2.05) is 30.9 Å². The van der Waals surface area contributed by atoms with Gasteiger partial charge in [0.1, 0.15) is 23.9 Å². The smallest absolute Gasteiger partial charge is 0.410 e. The van der Waals surface area contributed by atoms with Crippen LogP contribution in [0.1, 0.15) is 19.4 Å². The van der Waals surface area contributed by atoms with Crippen LogP contribution in [-0.4, -0.2) is 41.7 Å². The molecule has 1 fully saturated rings. The number of nitroso groups, excluding NO2 is 1. The van der Waals surface area contributed by atoms with E-state index >= 15 is 0 Å². The number of ether oxygens (including phenoxy) is 2. The fourth-order valence-electron chi connectivity index (χ4n) is 3.95. The summed E-state index contributed by atoms with van der Waals surface area (Å²) >= 11 is 0. The number of rotatable bonds is 9. The molecular formula is C25H25FN4O4. The van der Waals surface area contributed by atoms with E-state index in [9.17, 15) is 14.1 Å². The highest BCUT2D eigenvalue weighted by Crippen LogP contribution is 2.31. The molecule has 34 heavy (non-hydrogen) atoms. The van der Waals surface area contributed by atoms with Crippen LogP contribution in [0.15, 0.2) is 66.0 Å². The zero-order valence-corrected chi connectivity index (χ0v) is 19.0. The van der Waals surface area contributed by atoms with Crippen molar-refractivity contribution in [2.75, 3.05) is 24.6 Å². The maximum atomic E-state index is 14.9. The Morgan fingerprint density at radius 2 is 1.97 bits per heavy atom. The molecule has 0 spiro atoms. The zero-order valence-electron chi connectivity index (χ0n) is 19.0. The van der Waals surface area contributed by atoms with Crippen molar-refractivity contribution in [3.05, 3.63) is 77.1 Å². The summed E-state index contributed by atoms with van der Waals surface area (Å²) in [5.74, 6) is 0.682. The molecule has 9 heteroatoms. The summed E-state index contributed by atoms with van der Waals surface area (Å²) in [5.41, 5.74) is 1.87. The molecule has 2 aromatic carbocycles. The second-order valence-electron chi connectivity index (χ2n) is 7.79. The van der Waals surface area contributed by atoms with Crippen LogP contribution in [0.4, 0.5) is 26.4 Å². The number of anilines is 2. The minimum Gasteiger partial charge on any atom is -0.454 e. The molecule has 176 valence electrons. The van der Waals surface area contributed by atoms with Gasteiger partial charge in [-0.2, -0.15) is 0 Å². The summed E-state index contributed by atoms with van der Waals surface area (Å²) in [4.78, 5) is 30.1. The fraction of sp³-hybridized carbons (Fsp3) is 0.280. The Labute approximate surface area is 196 Å². The molecule has 0 saturated carbocycles. The van der Waals surface area contributed by atoms with Crippen molar-refractivity contribution >= 4 is 23.3 Å². The second kappa shape index (κ2) is 10.3. The van der Waals surface area contributed by atoms with E-state index in [0.29, 0.717) is 43.4 Å². The van der Waals surface area contributed by atoms with Gasteiger partial charge in [-0.15, -0.1) is 4.91 Å². The molecule has 1 aliphatic rings. The SMILES string of the molecule is CCN(c1ccc(Oc2ccc(C[C@H]3COC(=O)N3CC)cc2)c(F)c1)c1ccc(N=O)cn1. The molecule has 3 aromatic rings. The van der Waals surface area contributed by atoms with Gasteiger partial charge in [-0.25, -0.2) is 14.2 Å². The summed E-state index contributed by atoms with van der Waals surface area (Å²) in [6.07, 6.45) is 1.77. The van der Waals surface area contributed by atoms with Gasteiger partial charge in [-0.1, -0.05) is 12.1 Å². The van der Waals surface area contributed by atoms with E-state index < -0.39 is 5.82 Å². The maximum Gasteiger partial charge on any atom is 0.410 e. The van der Waals surface area contributed by atoms with Crippen LogP contribution in [0.5, 0.6) is 11.5 Å². The van der Waals surface area contributed by atoms with Crippen LogP contribution >= 0.6 is 0 Å². The summed E-state index contributed by atoms with van der Waals surface area (Å²) in [5, 5.41) is 2.85. The molecule has 1 atom stereocenters. The summed E-state index contributed by atoms with van der Waals surface area (Å²) in [7, 11) is 0. The molecule has 1 amide bonds. The van der Waals surface area contributed by atoms with E-state index in [2.05, 4.69) is 10.2 Å². The number of benzene rings is 2. The van der Waals surface area contributed by atoms with Gasteiger partial charge in [0.25, 0.3) is 0 Å². The van der Waals surface area contributed by atoms with Crippen LogP contribution in [0.25, 0.3) is 0 Å². The lowest BCUT2D eigenvalue weighted by atomic mass is 10.1. The molecule has 2 heterocycles. The number of hydrogen-bond donors (Lipinski definition) is 0. The van der Waals surface area contributed by atoms with Gasteiger partial charge >= 0.3 is 6.09 Å². The topological polar surface area (TPSA) is 84.3 Å². The number of amides is 1. The monoisotopic (exact) mass is 464 g/mol. The predicted molar refractivity (Wildman–Crippen MR) is 127 cm³/mol. The summed E-state index contributed by atoms with van der Waals surface area (Å²) in [6.45, 7) is 5.38. The minimum atomic E-state index is -0.508. The third kappa shape index (κ3) is 4.98. The van der Waals surface area contributed by atoms with Crippen molar-refractivity contribution in [1.29, 1.82) is 0 Å². The molecule has 0 aliphatic carbocycles. The summed E-state index contributed by atoms with van der Waals surface area (Å²) < 4.78 is 25.7. The van der Waals surface area contributed by atoms with Crippen molar-refractivity contribution in [3.63, 3.8) is 0 Å². The van der Waals surface area contributed by atoms with Crippen LogP contribution in [0, 0.1) is 10.7 Å². The van der Waals surface area contributed by atoms with Gasteiger partial charge in [0.05, 0.1) is 12.2 Å². The number of likely N-dealkylation sites (N-methyl/N-ethyl adjacent to an activating group) is 1. The predicted octanol–water partition coefficient (Wildman–Crippen LogP) is 5.95. The van der Waals surface area contributed by atoms with Crippen molar-refractivity contribution in [3.8, 4) is 11.5 Å². The van der Waals surface area contributed by atoms with Crippen LogP contribution in [0.3, 0.4) is 0 Å². The highest BCUT2D eigenvalue weighted by atomic mass is 19.1. The van der Waals surface area contributed by atoms with E-state index in [4.69, 9.17) is 9.47 Å². The summed E-state index contributed by atoms with van der Waals surface area (Å²) in [6, 6.07) is 15.3. The van der Waals surface area contributed by atoms with Gasteiger partial charge < -0.3 is 19.3 Å². The first-order valence-electron chi connectivity index (χ1n) is 11.1. The highest BCUT2D eigenvalue weighted by Gasteiger charge is 2.31. The average Bonchev–Trinajstić information content (AvgIpc) is 3.21. The van der Waals surface area contributed by atoms with E-state index in [0.717, 1.165) is 5.56 Å². The highest BCUT2D eigenvalue weighted by molar-refractivity contribution is 5.70. The Morgan fingerprint density at radius 3 is 2.59 bits per heavy atom. The standard InChI is InChI=1S/C25H25FN4O4/c1-3-29(24-12-7-18(28-32)15-27-24)19-8-11-23(22(26)14-19)34-21-9-5-17(6-10-21)13-20-16-33-25(31)30(20)4-2/h5-12,14-15,20H,3-4,13,16H2,1-2H3/t20-/m0/s1. The molecule has 1 saturated heterocycles. The fourth-order valence-corrected chi connectivity index (χ4v) is 3.95. The number of hydrogen-bond acceptors (Lipinski definition) is 7. The van der Waals surface area contributed by atoms with Crippen molar-refractivity contribution in [2.45, 2.75) is 26.3 Å². The first-order chi connectivity index (χ1) is 16.5. The Bertz CT molecular complexity index is 1150. The lowest BCUT2D eigenvalue weighted by Gasteiger charge is -2.22. The largest absolute Gasteiger partial charge is 0.454 e. The Morgan fingerprint density at radius 1 is 1.18 bits per heavy atom. The van der Waals surface area contributed by atoms with Crippen LogP contribution in [0.2, 0.25) is 0 Å². The molecule has 4 rings (SSSR count). The van der Waals surface area contributed by atoms with E-state index in [1.165, 1.54) is 12.3 Å². The first-order valence-corrected chi connectivity index (χ1v) is 11.1. The first kappa shape index (κ1) is 23.2.